The number of para-hydroxylation sites is 1. The molecule has 0 fully saturated rings. The molecule has 1 unspecified atom stereocenters. The Morgan fingerprint density at radius 2 is 1.45 bits per heavy atom. The summed E-state index contributed by atoms with van der Waals surface area (Å²) in [6, 6.07) is 34.0. The second-order valence-electron chi connectivity index (χ2n) is 10.2. The van der Waals surface area contributed by atoms with Gasteiger partial charge < -0.3 is 14.7 Å². The Morgan fingerprint density at radius 1 is 0.900 bits per heavy atom. The molecular formula is C34H34N2O4. The molecule has 4 aromatic rings. The zero-order chi connectivity index (χ0) is 28.3. The summed E-state index contributed by atoms with van der Waals surface area (Å²) in [5, 5.41) is 14.7. The normalized spacial score (nSPS) is 18.0. The second-order valence-corrected chi connectivity index (χ2v) is 10.2. The molecule has 0 bridgehead atoms. The van der Waals surface area contributed by atoms with Crippen LogP contribution < -0.4 is 10.2 Å². The predicted molar refractivity (Wildman–Crippen MR) is 156 cm³/mol. The Bertz CT molecular complexity index is 1470. The van der Waals surface area contributed by atoms with E-state index < -0.39 is 29.1 Å². The van der Waals surface area contributed by atoms with Crippen molar-refractivity contribution >= 4 is 17.6 Å². The van der Waals surface area contributed by atoms with Gasteiger partial charge in [-0.25, -0.2) is 0 Å². The van der Waals surface area contributed by atoms with E-state index in [0.29, 0.717) is 11.3 Å². The fraction of sp³-hybridized carbons (Fsp3) is 0.235. The van der Waals surface area contributed by atoms with E-state index in [1.54, 1.807) is 14.0 Å². The summed E-state index contributed by atoms with van der Waals surface area (Å²) in [6.07, 6.45) is 0.0835. The van der Waals surface area contributed by atoms with E-state index in [9.17, 15) is 14.7 Å². The fourth-order valence-electron chi connectivity index (χ4n) is 5.87. The molecule has 0 aliphatic carbocycles. The van der Waals surface area contributed by atoms with Gasteiger partial charge in [-0.05, 0) is 41.7 Å². The van der Waals surface area contributed by atoms with Crippen molar-refractivity contribution in [2.24, 2.45) is 0 Å². The van der Waals surface area contributed by atoms with Gasteiger partial charge in [-0.15, -0.1) is 0 Å². The smallest absolute Gasteiger partial charge is 0.327 e. The molecule has 40 heavy (non-hydrogen) atoms. The summed E-state index contributed by atoms with van der Waals surface area (Å²) in [6.45, 7) is 3.84. The second kappa shape index (κ2) is 11.1. The molecule has 2 N–H and O–H groups in total. The highest BCUT2D eigenvalue weighted by Crippen LogP contribution is 2.51. The van der Waals surface area contributed by atoms with Gasteiger partial charge in [-0.3, -0.25) is 14.9 Å². The number of carbonyl (C=O) groups is 2. The number of benzene rings is 4. The van der Waals surface area contributed by atoms with E-state index in [-0.39, 0.29) is 13.0 Å². The van der Waals surface area contributed by atoms with Gasteiger partial charge in [0.25, 0.3) is 5.91 Å². The van der Waals surface area contributed by atoms with E-state index in [1.807, 2.05) is 116 Å². The SMILES string of the molecule is CC[C@](NC(c1ccccc1)c1ccccc1)(C(=O)O)C1(OCc2ccccc2C)C(=O)N(C)c2ccccc21. The number of carboxylic acids is 1. The van der Waals surface area contributed by atoms with Gasteiger partial charge in [0, 0.05) is 12.6 Å². The average Bonchev–Trinajstić information content (AvgIpc) is 3.21. The van der Waals surface area contributed by atoms with E-state index in [1.165, 1.54) is 4.90 Å². The maximum Gasteiger partial charge on any atom is 0.327 e. The molecule has 4 aromatic carbocycles. The van der Waals surface area contributed by atoms with Gasteiger partial charge in [-0.1, -0.05) is 110 Å². The van der Waals surface area contributed by atoms with Crippen molar-refractivity contribution < 1.29 is 19.4 Å². The van der Waals surface area contributed by atoms with E-state index >= 15 is 0 Å². The molecule has 1 heterocycles. The topological polar surface area (TPSA) is 78.9 Å². The number of hydrogen-bond donors (Lipinski definition) is 2. The highest BCUT2D eigenvalue weighted by molar-refractivity contribution is 6.11. The van der Waals surface area contributed by atoms with Gasteiger partial charge in [0.05, 0.1) is 18.3 Å². The van der Waals surface area contributed by atoms with E-state index in [2.05, 4.69) is 5.32 Å². The molecular weight excluding hydrogens is 500 g/mol. The third-order valence-electron chi connectivity index (χ3n) is 8.11. The molecule has 1 aliphatic heterocycles. The Labute approximate surface area is 235 Å². The third-order valence-corrected chi connectivity index (χ3v) is 8.11. The molecule has 2 atom stereocenters. The van der Waals surface area contributed by atoms with Crippen LogP contribution in [0.1, 0.15) is 47.2 Å². The summed E-state index contributed by atoms with van der Waals surface area (Å²) in [7, 11) is 1.67. The number of hydrogen-bond acceptors (Lipinski definition) is 4. The number of aryl methyl sites for hydroxylation is 1. The molecule has 6 nitrogen and oxygen atoms in total. The molecule has 0 saturated carbocycles. The van der Waals surface area contributed by atoms with Crippen molar-refractivity contribution in [3.63, 3.8) is 0 Å². The predicted octanol–water partition coefficient (Wildman–Crippen LogP) is 6.00. The first kappa shape index (κ1) is 27.3. The van der Waals surface area contributed by atoms with Crippen molar-refractivity contribution in [3.8, 4) is 0 Å². The van der Waals surface area contributed by atoms with Gasteiger partial charge >= 0.3 is 5.97 Å². The zero-order valence-electron chi connectivity index (χ0n) is 23.0. The molecule has 0 radical (unpaired) electrons. The van der Waals surface area contributed by atoms with E-state index in [4.69, 9.17) is 4.74 Å². The average molecular weight is 535 g/mol. The molecule has 0 aromatic heterocycles. The molecule has 0 saturated heterocycles. The van der Waals surface area contributed by atoms with Crippen LogP contribution >= 0.6 is 0 Å². The highest BCUT2D eigenvalue weighted by atomic mass is 16.5. The lowest BCUT2D eigenvalue weighted by molar-refractivity contribution is -0.181. The Hall–Kier alpha value is -4.26. The first-order valence-electron chi connectivity index (χ1n) is 13.5. The molecule has 6 heteroatoms. The summed E-state index contributed by atoms with van der Waals surface area (Å²) in [5.74, 6) is -1.57. The van der Waals surface area contributed by atoms with Crippen LogP contribution in [0, 0.1) is 6.92 Å². The van der Waals surface area contributed by atoms with Gasteiger partial charge in [0.15, 0.2) is 5.54 Å². The summed E-state index contributed by atoms with van der Waals surface area (Å²) in [4.78, 5) is 29.6. The number of carbonyl (C=O) groups excluding carboxylic acids is 1. The van der Waals surface area contributed by atoms with Crippen LogP contribution in [-0.2, 0) is 26.5 Å². The van der Waals surface area contributed by atoms with Crippen molar-refractivity contribution in [1.82, 2.24) is 5.32 Å². The van der Waals surface area contributed by atoms with Crippen molar-refractivity contribution in [2.75, 3.05) is 11.9 Å². The van der Waals surface area contributed by atoms with Crippen molar-refractivity contribution in [3.05, 3.63) is 137 Å². The van der Waals surface area contributed by atoms with E-state index in [0.717, 1.165) is 22.3 Å². The van der Waals surface area contributed by atoms with Crippen LogP contribution in [0.25, 0.3) is 0 Å². The minimum absolute atomic E-state index is 0.0681. The number of ether oxygens (including phenoxy) is 1. The zero-order valence-corrected chi connectivity index (χ0v) is 23.0. The van der Waals surface area contributed by atoms with Crippen molar-refractivity contribution in [1.29, 1.82) is 0 Å². The number of carboxylic acid groups (broad SMARTS) is 1. The molecule has 5 rings (SSSR count). The third kappa shape index (κ3) is 4.39. The summed E-state index contributed by atoms with van der Waals surface area (Å²) >= 11 is 0. The number of aliphatic carboxylic acids is 1. The number of nitrogens with zero attached hydrogens (tertiary/aromatic N) is 1. The first-order valence-corrected chi connectivity index (χ1v) is 13.5. The van der Waals surface area contributed by atoms with Gasteiger partial charge in [0.2, 0.25) is 5.60 Å². The lowest BCUT2D eigenvalue weighted by atomic mass is 9.72. The van der Waals surface area contributed by atoms with Crippen LogP contribution in [0.15, 0.2) is 109 Å². The van der Waals surface area contributed by atoms with Crippen LogP contribution in [0.4, 0.5) is 5.69 Å². The number of fused-ring (bicyclic) bond motifs is 1. The monoisotopic (exact) mass is 534 g/mol. The minimum Gasteiger partial charge on any atom is -0.480 e. The largest absolute Gasteiger partial charge is 0.480 e. The summed E-state index contributed by atoms with van der Waals surface area (Å²) in [5.41, 5.74) is 1.15. The first-order chi connectivity index (χ1) is 19.4. The number of likely N-dealkylation sites (N-methyl/N-ethyl adjacent to an activating group) is 1. The lowest BCUT2D eigenvalue weighted by Crippen LogP contribution is -2.70. The summed E-state index contributed by atoms with van der Waals surface area (Å²) < 4.78 is 6.72. The Kier molecular flexibility index (Phi) is 7.57. The molecule has 1 amide bonds. The standard InChI is InChI=1S/C34H34N2O4/c1-4-33(32(38)39,35-30(25-16-7-5-8-17-25)26-18-9-6-10-19-26)34(40-23-27-20-12-11-15-24(27)2)28-21-13-14-22-29(28)36(3)31(34)37/h5-22,30,35H,4,23H2,1-3H3,(H,38,39)/t33-,34?/m0/s1. The molecule has 1 aliphatic rings. The Balaban J connectivity index is 1.74. The number of amides is 1. The number of nitrogens with one attached hydrogen (secondary N) is 1. The van der Waals surface area contributed by atoms with Crippen LogP contribution in [-0.4, -0.2) is 29.6 Å². The number of rotatable bonds is 10. The lowest BCUT2D eigenvalue weighted by Gasteiger charge is -2.46. The van der Waals surface area contributed by atoms with Gasteiger partial charge in [0.1, 0.15) is 0 Å². The van der Waals surface area contributed by atoms with Crippen LogP contribution in [0.3, 0.4) is 0 Å². The highest BCUT2D eigenvalue weighted by Gasteiger charge is 2.68. The van der Waals surface area contributed by atoms with Crippen LogP contribution in [0.2, 0.25) is 0 Å². The van der Waals surface area contributed by atoms with Crippen LogP contribution in [0.5, 0.6) is 0 Å². The van der Waals surface area contributed by atoms with Crippen molar-refractivity contribution in [2.45, 2.75) is 44.1 Å². The molecule has 204 valence electrons. The quantitative estimate of drug-likeness (QED) is 0.261. The number of anilines is 1. The minimum atomic E-state index is -1.84. The maximum atomic E-state index is 14.5. The molecule has 0 spiro atoms. The maximum absolute atomic E-state index is 14.5. The Morgan fingerprint density at radius 3 is 2.02 bits per heavy atom. The fourth-order valence-corrected chi connectivity index (χ4v) is 5.87. The van der Waals surface area contributed by atoms with Gasteiger partial charge in [-0.2, -0.15) is 0 Å².